The van der Waals surface area contributed by atoms with Gasteiger partial charge in [0.15, 0.2) is 0 Å². The molecule has 6 heteroatoms. The number of amides is 2. The minimum Gasteiger partial charge on any atom is -0.346 e. The molecule has 1 fully saturated rings. The lowest BCUT2D eigenvalue weighted by atomic mass is 10.1. The molecule has 4 rings (SSSR count). The maximum Gasteiger partial charge on any atom is 0.268 e. The van der Waals surface area contributed by atoms with Crippen LogP contribution < -0.4 is 15.8 Å². The summed E-state index contributed by atoms with van der Waals surface area (Å²) in [4.78, 5) is 41.2. The lowest BCUT2D eigenvalue weighted by molar-refractivity contribution is -0.117. The van der Waals surface area contributed by atoms with Gasteiger partial charge in [0.05, 0.1) is 6.04 Å². The SMILES string of the molecule is O=C(NC1CC(=O)N(c2ccccc2)C1)c1cc2ccccc2c(=O)[nH]1. The van der Waals surface area contributed by atoms with E-state index < -0.39 is 0 Å². The standard InChI is InChI=1S/C20H17N3O3/c24-18-11-14(12-23(18)15-7-2-1-3-8-15)21-20(26)17-10-13-6-4-5-9-16(13)19(25)22-17/h1-10,14H,11-12H2,(H,21,26)(H,22,25). The number of aromatic nitrogens is 1. The number of anilines is 1. The van der Waals surface area contributed by atoms with Gasteiger partial charge in [-0.3, -0.25) is 14.4 Å². The van der Waals surface area contributed by atoms with Crippen molar-refractivity contribution in [1.29, 1.82) is 0 Å². The summed E-state index contributed by atoms with van der Waals surface area (Å²) in [6, 6.07) is 17.8. The van der Waals surface area contributed by atoms with Gasteiger partial charge in [0, 0.05) is 24.0 Å². The normalized spacial score (nSPS) is 16.8. The molecule has 2 aromatic carbocycles. The number of para-hydroxylation sites is 1. The highest BCUT2D eigenvalue weighted by molar-refractivity contribution is 5.99. The highest BCUT2D eigenvalue weighted by Crippen LogP contribution is 2.21. The second kappa shape index (κ2) is 6.48. The predicted octanol–water partition coefficient (Wildman–Crippen LogP) is 2.06. The summed E-state index contributed by atoms with van der Waals surface area (Å²) in [7, 11) is 0. The first-order chi connectivity index (χ1) is 12.6. The largest absolute Gasteiger partial charge is 0.346 e. The molecule has 1 unspecified atom stereocenters. The number of nitrogens with zero attached hydrogens (tertiary/aromatic N) is 1. The molecule has 0 bridgehead atoms. The van der Waals surface area contributed by atoms with Crippen LogP contribution in [0.15, 0.2) is 65.5 Å². The Labute approximate surface area is 149 Å². The molecule has 1 aliphatic rings. The Kier molecular flexibility index (Phi) is 4.01. The number of aromatic amines is 1. The number of hydrogen-bond donors (Lipinski definition) is 2. The number of pyridine rings is 1. The van der Waals surface area contributed by atoms with E-state index in [1.54, 1.807) is 29.2 Å². The Hall–Kier alpha value is -3.41. The molecule has 0 aliphatic carbocycles. The van der Waals surface area contributed by atoms with Gasteiger partial charge in [-0.1, -0.05) is 36.4 Å². The highest BCUT2D eigenvalue weighted by Gasteiger charge is 2.31. The van der Waals surface area contributed by atoms with E-state index in [9.17, 15) is 14.4 Å². The van der Waals surface area contributed by atoms with Gasteiger partial charge >= 0.3 is 0 Å². The average Bonchev–Trinajstić information content (AvgIpc) is 3.02. The molecule has 0 spiro atoms. The Morgan fingerprint density at radius 2 is 1.77 bits per heavy atom. The van der Waals surface area contributed by atoms with Gasteiger partial charge in [-0.2, -0.15) is 0 Å². The van der Waals surface area contributed by atoms with E-state index in [0.29, 0.717) is 17.3 Å². The van der Waals surface area contributed by atoms with Crippen LogP contribution in [0.25, 0.3) is 10.8 Å². The quantitative estimate of drug-likeness (QED) is 0.761. The van der Waals surface area contributed by atoms with Crippen LogP contribution in [-0.2, 0) is 4.79 Å². The van der Waals surface area contributed by atoms with Gasteiger partial charge in [0.1, 0.15) is 5.69 Å². The molecule has 0 saturated carbocycles. The van der Waals surface area contributed by atoms with Crippen LogP contribution in [-0.4, -0.2) is 29.4 Å². The molecule has 26 heavy (non-hydrogen) atoms. The molecule has 1 atom stereocenters. The van der Waals surface area contributed by atoms with Crippen molar-refractivity contribution < 1.29 is 9.59 Å². The van der Waals surface area contributed by atoms with Crippen molar-refractivity contribution in [1.82, 2.24) is 10.3 Å². The molecule has 2 amide bonds. The summed E-state index contributed by atoms with van der Waals surface area (Å²) in [5.74, 6) is -0.422. The van der Waals surface area contributed by atoms with E-state index in [4.69, 9.17) is 0 Å². The lowest BCUT2D eigenvalue weighted by Crippen LogP contribution is -2.38. The van der Waals surface area contributed by atoms with Crippen molar-refractivity contribution in [2.24, 2.45) is 0 Å². The average molecular weight is 347 g/mol. The van der Waals surface area contributed by atoms with Crippen LogP contribution >= 0.6 is 0 Å². The molecule has 0 radical (unpaired) electrons. The summed E-state index contributed by atoms with van der Waals surface area (Å²) in [5.41, 5.74) is 0.703. The Balaban J connectivity index is 1.52. The topological polar surface area (TPSA) is 82.3 Å². The molecule has 2 heterocycles. The van der Waals surface area contributed by atoms with E-state index in [1.807, 2.05) is 36.4 Å². The fourth-order valence-corrected chi connectivity index (χ4v) is 3.26. The molecule has 130 valence electrons. The first-order valence-corrected chi connectivity index (χ1v) is 8.40. The summed E-state index contributed by atoms with van der Waals surface area (Å²) >= 11 is 0. The number of rotatable bonds is 3. The number of hydrogen-bond acceptors (Lipinski definition) is 3. The second-order valence-corrected chi connectivity index (χ2v) is 6.31. The Morgan fingerprint density at radius 1 is 1.04 bits per heavy atom. The van der Waals surface area contributed by atoms with Gasteiger partial charge in [0.2, 0.25) is 5.91 Å². The van der Waals surface area contributed by atoms with Crippen molar-refractivity contribution >= 4 is 28.3 Å². The maximum atomic E-state index is 12.5. The zero-order valence-electron chi connectivity index (χ0n) is 13.9. The number of carbonyl (C=O) groups is 2. The van der Waals surface area contributed by atoms with Crippen molar-refractivity contribution in [3.63, 3.8) is 0 Å². The highest BCUT2D eigenvalue weighted by atomic mass is 16.2. The summed E-state index contributed by atoms with van der Waals surface area (Å²) in [5, 5.41) is 4.09. The number of carbonyl (C=O) groups excluding carboxylic acids is 2. The molecule has 6 nitrogen and oxygen atoms in total. The number of fused-ring (bicyclic) bond motifs is 1. The molecular weight excluding hydrogens is 330 g/mol. The number of benzene rings is 2. The first kappa shape index (κ1) is 16.1. The fourth-order valence-electron chi connectivity index (χ4n) is 3.26. The predicted molar refractivity (Wildman–Crippen MR) is 99.2 cm³/mol. The third-order valence-electron chi connectivity index (χ3n) is 4.53. The third-order valence-corrected chi connectivity index (χ3v) is 4.53. The van der Waals surface area contributed by atoms with E-state index in [0.717, 1.165) is 5.69 Å². The Bertz CT molecular complexity index is 1040. The van der Waals surface area contributed by atoms with Gasteiger partial charge in [-0.15, -0.1) is 0 Å². The Morgan fingerprint density at radius 3 is 2.58 bits per heavy atom. The monoisotopic (exact) mass is 347 g/mol. The van der Waals surface area contributed by atoms with Gasteiger partial charge in [0.25, 0.3) is 11.5 Å². The van der Waals surface area contributed by atoms with Crippen LogP contribution in [0.3, 0.4) is 0 Å². The minimum absolute atomic E-state index is 0.0338. The molecule has 3 aromatic rings. The van der Waals surface area contributed by atoms with Crippen molar-refractivity contribution in [3.05, 3.63) is 76.7 Å². The van der Waals surface area contributed by atoms with Crippen molar-refractivity contribution in [2.75, 3.05) is 11.4 Å². The van der Waals surface area contributed by atoms with Crippen LogP contribution in [0.2, 0.25) is 0 Å². The molecule has 1 aromatic heterocycles. The molecule has 1 saturated heterocycles. The van der Waals surface area contributed by atoms with Crippen molar-refractivity contribution in [2.45, 2.75) is 12.5 Å². The maximum absolute atomic E-state index is 12.5. The smallest absolute Gasteiger partial charge is 0.268 e. The van der Waals surface area contributed by atoms with E-state index >= 15 is 0 Å². The first-order valence-electron chi connectivity index (χ1n) is 8.40. The van der Waals surface area contributed by atoms with Crippen LogP contribution in [0.1, 0.15) is 16.9 Å². The summed E-state index contributed by atoms with van der Waals surface area (Å²) in [6.45, 7) is 0.409. The summed E-state index contributed by atoms with van der Waals surface area (Å²) in [6.07, 6.45) is 0.235. The second-order valence-electron chi connectivity index (χ2n) is 6.31. The molecule has 1 aliphatic heterocycles. The van der Waals surface area contributed by atoms with E-state index in [1.165, 1.54) is 0 Å². The zero-order chi connectivity index (χ0) is 18.1. The zero-order valence-corrected chi connectivity index (χ0v) is 13.9. The van der Waals surface area contributed by atoms with Gasteiger partial charge in [-0.25, -0.2) is 0 Å². The van der Waals surface area contributed by atoms with Gasteiger partial charge in [-0.05, 0) is 29.7 Å². The minimum atomic E-state index is -0.388. The fraction of sp³-hybridized carbons (Fsp3) is 0.150. The van der Waals surface area contributed by atoms with Crippen LogP contribution in [0.5, 0.6) is 0 Å². The number of H-pyrrole nitrogens is 1. The lowest BCUT2D eigenvalue weighted by Gasteiger charge is -2.17. The third kappa shape index (κ3) is 2.97. The van der Waals surface area contributed by atoms with Crippen LogP contribution in [0.4, 0.5) is 5.69 Å². The molecule has 2 N–H and O–H groups in total. The summed E-state index contributed by atoms with van der Waals surface area (Å²) < 4.78 is 0. The molecular formula is C20H17N3O3. The van der Waals surface area contributed by atoms with Gasteiger partial charge < -0.3 is 15.2 Å². The number of nitrogens with one attached hydrogen (secondary N) is 2. The van der Waals surface area contributed by atoms with Crippen molar-refractivity contribution in [3.8, 4) is 0 Å². The van der Waals surface area contributed by atoms with E-state index in [-0.39, 0.29) is 35.5 Å². The van der Waals surface area contributed by atoms with Crippen LogP contribution in [0, 0.1) is 0 Å². The van der Waals surface area contributed by atoms with E-state index in [2.05, 4.69) is 10.3 Å².